The fourth-order valence-electron chi connectivity index (χ4n) is 3.40. The first-order valence-electron chi connectivity index (χ1n) is 9.64. The third kappa shape index (κ3) is 4.23. The molecule has 4 rings (SSSR count). The second-order valence-corrected chi connectivity index (χ2v) is 8.52. The predicted octanol–water partition coefficient (Wildman–Crippen LogP) is 6.21. The molecule has 0 saturated heterocycles. The molecule has 0 fully saturated rings. The van der Waals surface area contributed by atoms with Gasteiger partial charge in [0, 0.05) is 24.4 Å². The second-order valence-electron chi connectivity index (χ2n) is 8.52. The van der Waals surface area contributed by atoms with Gasteiger partial charge in [-0.25, -0.2) is 27.5 Å². The smallest absolute Gasteiger partial charge is 0.144 e. The maximum atomic E-state index is 14.6. The lowest BCUT2D eigenvalue weighted by molar-refractivity contribution is 0.343. The van der Waals surface area contributed by atoms with Crippen LogP contribution in [0.3, 0.4) is 0 Å². The van der Waals surface area contributed by atoms with E-state index < -0.39 is 23.3 Å². The van der Waals surface area contributed by atoms with E-state index in [4.69, 9.17) is 0 Å². The normalized spacial score (nSPS) is 11.8. The van der Waals surface area contributed by atoms with Gasteiger partial charge < -0.3 is 9.55 Å². The summed E-state index contributed by atoms with van der Waals surface area (Å²) >= 11 is 0. The van der Waals surface area contributed by atoms with Gasteiger partial charge in [-0.05, 0) is 29.7 Å². The molecule has 2 heterocycles. The number of benzene rings is 2. The van der Waals surface area contributed by atoms with Crippen molar-refractivity contribution in [2.45, 2.75) is 27.3 Å². The van der Waals surface area contributed by atoms with Crippen LogP contribution in [0.2, 0.25) is 0 Å². The summed E-state index contributed by atoms with van der Waals surface area (Å²) in [6, 6.07) is 6.52. The highest BCUT2D eigenvalue weighted by Gasteiger charge is 2.23. The summed E-state index contributed by atoms with van der Waals surface area (Å²) in [5, 5.41) is 0. The molecular weight excluding hydrogens is 408 g/mol. The Morgan fingerprint density at radius 2 is 1.68 bits per heavy atom. The summed E-state index contributed by atoms with van der Waals surface area (Å²) in [5.41, 5.74) is 0.373. The Morgan fingerprint density at radius 1 is 0.968 bits per heavy atom. The van der Waals surface area contributed by atoms with Gasteiger partial charge in [-0.2, -0.15) is 0 Å². The number of rotatable bonds is 4. The predicted molar refractivity (Wildman–Crippen MR) is 110 cm³/mol. The van der Waals surface area contributed by atoms with Crippen LogP contribution in [0.1, 0.15) is 20.8 Å². The van der Waals surface area contributed by atoms with Gasteiger partial charge in [0.2, 0.25) is 0 Å². The van der Waals surface area contributed by atoms with Crippen molar-refractivity contribution >= 4 is 0 Å². The standard InChI is InChI=1S/C23H20F4N4/c1-23(2,3)11-31-10-18(28-12-31)21-20(14-8-7-13(24)9-17(14)27)29-22(30-21)19-15(25)5-4-6-16(19)26/h4-10,12H,11H2,1-3H3,(H,29,30). The molecule has 0 aliphatic heterocycles. The van der Waals surface area contributed by atoms with Crippen molar-refractivity contribution in [3.63, 3.8) is 0 Å². The molecule has 0 spiro atoms. The van der Waals surface area contributed by atoms with E-state index in [1.54, 1.807) is 12.5 Å². The van der Waals surface area contributed by atoms with Crippen molar-refractivity contribution in [2.75, 3.05) is 0 Å². The first-order chi connectivity index (χ1) is 14.6. The molecule has 0 amide bonds. The zero-order valence-corrected chi connectivity index (χ0v) is 17.2. The Hall–Kier alpha value is -3.42. The lowest BCUT2D eigenvalue weighted by Gasteiger charge is -2.18. The number of halogens is 4. The van der Waals surface area contributed by atoms with Crippen LogP contribution in [0, 0.1) is 28.7 Å². The van der Waals surface area contributed by atoms with Crippen molar-refractivity contribution in [2.24, 2.45) is 5.41 Å². The van der Waals surface area contributed by atoms with Crippen LogP contribution in [0.15, 0.2) is 48.9 Å². The number of nitrogens with zero attached hydrogens (tertiary/aromatic N) is 3. The largest absolute Gasteiger partial charge is 0.336 e. The number of H-pyrrole nitrogens is 1. The lowest BCUT2D eigenvalue weighted by atomic mass is 9.97. The Kier molecular flexibility index (Phi) is 5.16. The van der Waals surface area contributed by atoms with E-state index >= 15 is 0 Å². The van der Waals surface area contributed by atoms with Gasteiger partial charge in [0.25, 0.3) is 0 Å². The second kappa shape index (κ2) is 7.68. The van der Waals surface area contributed by atoms with E-state index in [9.17, 15) is 17.6 Å². The van der Waals surface area contributed by atoms with Crippen LogP contribution < -0.4 is 0 Å². The number of hydrogen-bond acceptors (Lipinski definition) is 2. The van der Waals surface area contributed by atoms with E-state index in [2.05, 4.69) is 35.7 Å². The fraction of sp³-hybridized carbons (Fsp3) is 0.217. The zero-order valence-electron chi connectivity index (χ0n) is 17.2. The van der Waals surface area contributed by atoms with Gasteiger partial charge in [-0.3, -0.25) is 0 Å². The monoisotopic (exact) mass is 428 g/mol. The summed E-state index contributed by atoms with van der Waals surface area (Å²) < 4.78 is 58.6. The van der Waals surface area contributed by atoms with Gasteiger partial charge in [0.05, 0.1) is 17.6 Å². The highest BCUT2D eigenvalue weighted by Crippen LogP contribution is 2.35. The van der Waals surface area contributed by atoms with Crippen LogP contribution in [0.4, 0.5) is 17.6 Å². The minimum absolute atomic E-state index is 0.0129. The molecule has 0 radical (unpaired) electrons. The quantitative estimate of drug-likeness (QED) is 0.393. The third-order valence-corrected chi connectivity index (χ3v) is 4.64. The van der Waals surface area contributed by atoms with Crippen molar-refractivity contribution < 1.29 is 17.6 Å². The molecule has 4 aromatic rings. The van der Waals surface area contributed by atoms with Gasteiger partial charge in [-0.1, -0.05) is 26.8 Å². The van der Waals surface area contributed by atoms with Crippen LogP contribution in [-0.2, 0) is 6.54 Å². The fourth-order valence-corrected chi connectivity index (χ4v) is 3.40. The maximum absolute atomic E-state index is 14.6. The summed E-state index contributed by atoms with van der Waals surface area (Å²) in [5.74, 6) is -3.33. The Morgan fingerprint density at radius 3 is 2.32 bits per heavy atom. The SMILES string of the molecule is CC(C)(C)Cn1cnc(-c2[nH]c(-c3c(F)cccc3F)nc2-c2ccc(F)cc2F)c1. The van der Waals surface area contributed by atoms with E-state index in [0.29, 0.717) is 12.2 Å². The molecule has 0 saturated carbocycles. The highest BCUT2D eigenvalue weighted by atomic mass is 19.1. The average Bonchev–Trinajstić information content (AvgIpc) is 3.27. The first kappa shape index (κ1) is 20.8. The lowest BCUT2D eigenvalue weighted by Crippen LogP contribution is -2.13. The molecular formula is C23H20F4N4. The number of hydrogen-bond donors (Lipinski definition) is 1. The number of aromatic amines is 1. The summed E-state index contributed by atoms with van der Waals surface area (Å²) in [7, 11) is 0. The number of aromatic nitrogens is 4. The van der Waals surface area contributed by atoms with Gasteiger partial charge in [-0.15, -0.1) is 0 Å². The number of imidazole rings is 2. The molecule has 0 unspecified atom stereocenters. The average molecular weight is 428 g/mol. The van der Waals surface area contributed by atoms with Crippen LogP contribution >= 0.6 is 0 Å². The molecule has 8 heteroatoms. The minimum Gasteiger partial charge on any atom is -0.336 e. The highest BCUT2D eigenvalue weighted by molar-refractivity contribution is 5.80. The van der Waals surface area contributed by atoms with Crippen molar-refractivity contribution in [3.8, 4) is 34.0 Å². The molecule has 0 aliphatic rings. The van der Waals surface area contributed by atoms with Crippen LogP contribution in [0.25, 0.3) is 34.0 Å². The Balaban J connectivity index is 1.90. The first-order valence-corrected chi connectivity index (χ1v) is 9.64. The van der Waals surface area contributed by atoms with Gasteiger partial charge in [0.15, 0.2) is 0 Å². The third-order valence-electron chi connectivity index (χ3n) is 4.64. The molecule has 1 N–H and O–H groups in total. The molecule has 0 atom stereocenters. The summed E-state index contributed by atoms with van der Waals surface area (Å²) in [4.78, 5) is 11.5. The summed E-state index contributed by atoms with van der Waals surface area (Å²) in [6.45, 7) is 6.88. The van der Waals surface area contributed by atoms with Crippen molar-refractivity contribution in [3.05, 3.63) is 72.2 Å². The van der Waals surface area contributed by atoms with Gasteiger partial charge in [0.1, 0.15) is 40.5 Å². The van der Waals surface area contributed by atoms with Crippen LogP contribution in [-0.4, -0.2) is 19.5 Å². The van der Waals surface area contributed by atoms with E-state index in [1.807, 2.05) is 4.57 Å². The molecule has 4 nitrogen and oxygen atoms in total. The van der Waals surface area contributed by atoms with Crippen molar-refractivity contribution in [1.29, 1.82) is 0 Å². The zero-order chi connectivity index (χ0) is 22.3. The van der Waals surface area contributed by atoms with E-state index in [0.717, 1.165) is 24.3 Å². The number of nitrogens with one attached hydrogen (secondary N) is 1. The molecule has 31 heavy (non-hydrogen) atoms. The van der Waals surface area contributed by atoms with E-state index in [-0.39, 0.29) is 33.8 Å². The molecule has 2 aromatic carbocycles. The van der Waals surface area contributed by atoms with E-state index in [1.165, 1.54) is 12.1 Å². The maximum Gasteiger partial charge on any atom is 0.144 e. The minimum atomic E-state index is -0.845. The molecule has 0 aliphatic carbocycles. The Labute approximate surface area is 176 Å². The topological polar surface area (TPSA) is 46.5 Å². The van der Waals surface area contributed by atoms with Crippen molar-refractivity contribution in [1.82, 2.24) is 19.5 Å². The molecule has 0 bridgehead atoms. The molecule has 160 valence electrons. The summed E-state index contributed by atoms with van der Waals surface area (Å²) in [6.07, 6.45) is 3.36. The Bertz CT molecular complexity index is 1230. The molecule has 2 aromatic heterocycles. The van der Waals surface area contributed by atoms with Gasteiger partial charge >= 0.3 is 0 Å². The van der Waals surface area contributed by atoms with Crippen LogP contribution in [0.5, 0.6) is 0 Å².